The molecule has 0 spiro atoms. The van der Waals surface area contributed by atoms with E-state index in [0.717, 1.165) is 10.2 Å². The highest BCUT2D eigenvalue weighted by atomic mass is 19.1. The van der Waals surface area contributed by atoms with Crippen molar-refractivity contribution in [3.63, 3.8) is 0 Å². The molecule has 4 N–H and O–H groups in total. The Hall–Kier alpha value is -4.19. The van der Waals surface area contributed by atoms with Crippen molar-refractivity contribution in [1.82, 2.24) is 15.1 Å². The van der Waals surface area contributed by atoms with Gasteiger partial charge >= 0.3 is 5.97 Å². The van der Waals surface area contributed by atoms with Gasteiger partial charge in [0.05, 0.1) is 12.5 Å². The third-order valence-electron chi connectivity index (χ3n) is 4.58. The number of carboxylic acids is 1. The highest BCUT2D eigenvalue weighted by molar-refractivity contribution is 5.96. The predicted octanol–water partition coefficient (Wildman–Crippen LogP) is 2.72. The molecule has 0 saturated heterocycles. The minimum Gasteiger partial charge on any atom is -0.481 e. The molecule has 9 heteroatoms. The Morgan fingerprint density at radius 1 is 1.27 bits per heavy atom. The quantitative estimate of drug-likeness (QED) is 0.575. The second-order valence-corrected chi connectivity index (χ2v) is 6.56. The molecule has 0 radical (unpaired) electrons. The zero-order chi connectivity index (χ0) is 21.8. The second kappa shape index (κ2) is 8.45. The van der Waals surface area contributed by atoms with E-state index in [2.05, 4.69) is 10.4 Å². The van der Waals surface area contributed by atoms with Crippen LogP contribution in [0.25, 0.3) is 5.69 Å². The number of para-hydroxylation sites is 1. The Morgan fingerprint density at radius 2 is 1.93 bits per heavy atom. The van der Waals surface area contributed by atoms with E-state index in [1.807, 2.05) is 6.07 Å². The Labute approximate surface area is 171 Å². The molecule has 0 saturated carbocycles. The summed E-state index contributed by atoms with van der Waals surface area (Å²) < 4.78 is 15.1. The van der Waals surface area contributed by atoms with Gasteiger partial charge < -0.3 is 16.2 Å². The number of hydrogen-bond acceptors (Lipinski definition) is 5. The molecule has 0 bridgehead atoms. The van der Waals surface area contributed by atoms with Gasteiger partial charge in [0.25, 0.3) is 5.91 Å². The topological polar surface area (TPSA) is 134 Å². The van der Waals surface area contributed by atoms with Gasteiger partial charge in [-0.1, -0.05) is 36.4 Å². The molecule has 3 aromatic rings. The van der Waals surface area contributed by atoms with Crippen LogP contribution in [0.15, 0.2) is 48.5 Å². The Bertz CT molecular complexity index is 1170. The van der Waals surface area contributed by atoms with Gasteiger partial charge in [0, 0.05) is 0 Å². The molecule has 3 rings (SSSR count). The van der Waals surface area contributed by atoms with E-state index in [4.69, 9.17) is 5.73 Å². The fourth-order valence-corrected chi connectivity index (χ4v) is 3.13. The van der Waals surface area contributed by atoms with Crippen LogP contribution in [0.2, 0.25) is 0 Å². The number of nitrogens with two attached hydrogens (primary N) is 1. The molecule has 1 aromatic heterocycles. The molecular formula is C21H18FN5O3. The molecular weight excluding hydrogens is 389 g/mol. The number of carboxylic acid groups (broad SMARTS) is 1. The smallest absolute Gasteiger partial charge is 0.305 e. The maximum atomic E-state index is 14.2. The van der Waals surface area contributed by atoms with Crippen LogP contribution in [0, 0.1) is 24.1 Å². The van der Waals surface area contributed by atoms with Crippen molar-refractivity contribution in [2.24, 2.45) is 0 Å². The van der Waals surface area contributed by atoms with Crippen molar-refractivity contribution in [1.29, 1.82) is 5.26 Å². The lowest BCUT2D eigenvalue weighted by molar-refractivity contribution is -0.137. The largest absolute Gasteiger partial charge is 0.481 e. The molecule has 0 aliphatic heterocycles. The van der Waals surface area contributed by atoms with Crippen LogP contribution in [0.5, 0.6) is 0 Å². The van der Waals surface area contributed by atoms with Gasteiger partial charge in [-0.15, -0.1) is 0 Å². The molecule has 0 aliphatic carbocycles. The molecule has 30 heavy (non-hydrogen) atoms. The van der Waals surface area contributed by atoms with Crippen molar-refractivity contribution >= 4 is 17.7 Å². The summed E-state index contributed by atoms with van der Waals surface area (Å²) in [7, 11) is 0. The third-order valence-corrected chi connectivity index (χ3v) is 4.58. The van der Waals surface area contributed by atoms with E-state index in [-0.39, 0.29) is 29.2 Å². The summed E-state index contributed by atoms with van der Waals surface area (Å²) in [5, 5.41) is 25.4. The van der Waals surface area contributed by atoms with Crippen LogP contribution in [-0.2, 0) is 4.79 Å². The van der Waals surface area contributed by atoms with E-state index < -0.39 is 23.7 Å². The molecule has 152 valence electrons. The maximum absolute atomic E-state index is 14.2. The number of carbonyl (C=O) groups excluding carboxylic acids is 1. The number of nitriles is 1. The first-order valence-corrected chi connectivity index (χ1v) is 8.95. The summed E-state index contributed by atoms with van der Waals surface area (Å²) in [5.74, 6) is -2.73. The van der Waals surface area contributed by atoms with Crippen LogP contribution in [0.4, 0.5) is 10.2 Å². The molecule has 0 unspecified atom stereocenters. The van der Waals surface area contributed by atoms with Crippen molar-refractivity contribution in [2.75, 3.05) is 5.73 Å². The summed E-state index contributed by atoms with van der Waals surface area (Å²) in [4.78, 5) is 24.2. The van der Waals surface area contributed by atoms with Gasteiger partial charge in [0.1, 0.15) is 29.0 Å². The standard InChI is InChI=1S/C21H18FN5O3/c1-12-6-2-3-7-13(12)16(10-18(28)29)25-21(30)19-14(11-23)20(24)27(26-19)17-9-5-4-8-15(17)22/h2-9,16H,10,24H2,1H3,(H,25,30)(H,28,29)/t16-/m0/s1. The Morgan fingerprint density at radius 3 is 2.57 bits per heavy atom. The highest BCUT2D eigenvalue weighted by Gasteiger charge is 2.27. The molecule has 0 fully saturated rings. The van der Waals surface area contributed by atoms with Crippen LogP contribution in [-0.4, -0.2) is 26.8 Å². The SMILES string of the molecule is Cc1ccccc1[C@H](CC(=O)O)NC(=O)c1nn(-c2ccccc2F)c(N)c1C#N. The average Bonchev–Trinajstić information content (AvgIpc) is 3.04. The fourth-order valence-electron chi connectivity index (χ4n) is 3.13. The van der Waals surface area contributed by atoms with Crippen LogP contribution in [0.1, 0.15) is 39.6 Å². The summed E-state index contributed by atoms with van der Waals surface area (Å²) in [5.41, 5.74) is 6.78. The maximum Gasteiger partial charge on any atom is 0.305 e. The predicted molar refractivity (Wildman–Crippen MR) is 106 cm³/mol. The number of hydrogen-bond donors (Lipinski definition) is 3. The summed E-state index contributed by atoms with van der Waals surface area (Å²) >= 11 is 0. The Balaban J connectivity index is 2.01. The number of halogens is 1. The number of rotatable bonds is 6. The molecule has 1 amide bonds. The van der Waals surface area contributed by atoms with Gasteiger partial charge in [0.15, 0.2) is 5.69 Å². The van der Waals surface area contributed by atoms with E-state index in [1.54, 1.807) is 37.3 Å². The average molecular weight is 407 g/mol. The highest BCUT2D eigenvalue weighted by Crippen LogP contribution is 2.25. The van der Waals surface area contributed by atoms with E-state index >= 15 is 0 Å². The number of nitrogen functional groups attached to an aromatic ring is 1. The minimum absolute atomic E-state index is 0.0217. The first-order valence-electron chi connectivity index (χ1n) is 8.95. The number of carbonyl (C=O) groups is 2. The van der Waals surface area contributed by atoms with E-state index in [9.17, 15) is 24.3 Å². The van der Waals surface area contributed by atoms with Crippen molar-refractivity contribution < 1.29 is 19.1 Å². The van der Waals surface area contributed by atoms with Crippen molar-refractivity contribution in [3.05, 3.63) is 76.7 Å². The zero-order valence-corrected chi connectivity index (χ0v) is 16.0. The summed E-state index contributed by atoms with van der Waals surface area (Å²) in [6.45, 7) is 1.79. The lowest BCUT2D eigenvalue weighted by Gasteiger charge is -2.19. The summed E-state index contributed by atoms with van der Waals surface area (Å²) in [6, 6.07) is 13.6. The minimum atomic E-state index is -1.11. The molecule has 0 aliphatic rings. The molecule has 8 nitrogen and oxygen atoms in total. The van der Waals surface area contributed by atoms with Crippen LogP contribution in [0.3, 0.4) is 0 Å². The zero-order valence-electron chi connectivity index (χ0n) is 16.0. The van der Waals surface area contributed by atoms with Crippen molar-refractivity contribution in [3.8, 4) is 11.8 Å². The molecule has 1 atom stereocenters. The number of nitrogens with one attached hydrogen (secondary N) is 1. The van der Waals surface area contributed by atoms with Crippen LogP contribution >= 0.6 is 0 Å². The van der Waals surface area contributed by atoms with E-state index in [1.165, 1.54) is 18.2 Å². The number of aromatic nitrogens is 2. The lowest BCUT2D eigenvalue weighted by Crippen LogP contribution is -2.31. The van der Waals surface area contributed by atoms with Gasteiger partial charge in [-0.05, 0) is 30.2 Å². The number of aliphatic carboxylic acids is 1. The first kappa shape index (κ1) is 20.5. The van der Waals surface area contributed by atoms with Crippen LogP contribution < -0.4 is 11.1 Å². The monoisotopic (exact) mass is 407 g/mol. The molecule has 1 heterocycles. The first-order chi connectivity index (χ1) is 14.3. The fraction of sp³-hybridized carbons (Fsp3) is 0.143. The van der Waals surface area contributed by atoms with Gasteiger partial charge in [-0.2, -0.15) is 10.4 Å². The lowest BCUT2D eigenvalue weighted by atomic mass is 9.98. The van der Waals surface area contributed by atoms with Gasteiger partial charge in [-0.25, -0.2) is 9.07 Å². The normalized spacial score (nSPS) is 11.5. The third kappa shape index (κ3) is 3.98. The Kier molecular flexibility index (Phi) is 5.78. The van der Waals surface area contributed by atoms with E-state index in [0.29, 0.717) is 5.56 Å². The number of benzene rings is 2. The summed E-state index contributed by atoms with van der Waals surface area (Å²) in [6.07, 6.45) is -0.373. The van der Waals surface area contributed by atoms with Crippen molar-refractivity contribution in [2.45, 2.75) is 19.4 Å². The number of anilines is 1. The van der Waals surface area contributed by atoms with Gasteiger partial charge in [0.2, 0.25) is 0 Å². The molecule has 2 aromatic carbocycles. The second-order valence-electron chi connectivity index (χ2n) is 6.56. The number of aryl methyl sites for hydroxylation is 1. The number of nitrogens with zero attached hydrogens (tertiary/aromatic N) is 3. The number of amides is 1. The van der Waals surface area contributed by atoms with Gasteiger partial charge in [-0.3, -0.25) is 9.59 Å².